The first kappa shape index (κ1) is 14.0. The second-order valence-electron chi connectivity index (χ2n) is 3.97. The van der Waals surface area contributed by atoms with Crippen molar-refractivity contribution in [3.63, 3.8) is 0 Å². The second-order valence-corrected chi connectivity index (χ2v) is 4.88. The Hall–Kier alpha value is -1.37. The first-order chi connectivity index (χ1) is 9.01. The lowest BCUT2D eigenvalue weighted by atomic mass is 9.98. The summed E-state index contributed by atoms with van der Waals surface area (Å²) in [6.45, 7) is 0. The molecule has 2 aromatic rings. The van der Waals surface area contributed by atoms with Crippen LogP contribution < -0.4 is 11.3 Å². The topological polar surface area (TPSA) is 38.0 Å². The first-order valence-corrected chi connectivity index (χ1v) is 6.17. The molecular weight excluding hydrogens is 321 g/mol. The van der Waals surface area contributed by atoms with Gasteiger partial charge in [-0.2, -0.15) is 0 Å². The van der Waals surface area contributed by atoms with Crippen molar-refractivity contribution < 1.29 is 13.2 Å². The summed E-state index contributed by atoms with van der Waals surface area (Å²) in [7, 11) is 0. The number of halogens is 4. The lowest BCUT2D eigenvalue weighted by Gasteiger charge is -2.18. The second kappa shape index (κ2) is 5.73. The molecule has 0 heterocycles. The van der Waals surface area contributed by atoms with E-state index in [9.17, 15) is 13.2 Å². The van der Waals surface area contributed by atoms with E-state index in [1.807, 2.05) is 0 Å². The summed E-state index contributed by atoms with van der Waals surface area (Å²) in [5.41, 5.74) is 2.76. The van der Waals surface area contributed by atoms with Gasteiger partial charge in [0, 0.05) is 10.0 Å². The molecule has 100 valence electrons. The van der Waals surface area contributed by atoms with E-state index in [2.05, 4.69) is 21.4 Å². The summed E-state index contributed by atoms with van der Waals surface area (Å²) < 4.78 is 40.8. The van der Waals surface area contributed by atoms with Crippen LogP contribution in [0.4, 0.5) is 13.2 Å². The average Bonchev–Trinajstić information content (AvgIpc) is 2.33. The van der Waals surface area contributed by atoms with Gasteiger partial charge in [0.1, 0.15) is 17.5 Å². The molecular formula is C13H10BrF3N2. The van der Waals surface area contributed by atoms with E-state index < -0.39 is 23.5 Å². The fraction of sp³-hybridized carbons (Fsp3) is 0.0769. The lowest BCUT2D eigenvalue weighted by molar-refractivity contribution is 0.542. The maximum atomic E-state index is 13.7. The van der Waals surface area contributed by atoms with Crippen LogP contribution >= 0.6 is 15.9 Å². The van der Waals surface area contributed by atoms with Crippen LogP contribution in [-0.2, 0) is 0 Å². The summed E-state index contributed by atoms with van der Waals surface area (Å²) in [6.07, 6.45) is 0. The minimum atomic E-state index is -0.845. The van der Waals surface area contributed by atoms with Gasteiger partial charge in [-0.1, -0.05) is 15.9 Å². The molecule has 19 heavy (non-hydrogen) atoms. The van der Waals surface area contributed by atoms with Gasteiger partial charge in [0.25, 0.3) is 0 Å². The van der Waals surface area contributed by atoms with Crippen molar-refractivity contribution in [1.29, 1.82) is 0 Å². The highest BCUT2D eigenvalue weighted by atomic mass is 79.9. The molecule has 2 aromatic carbocycles. The molecule has 0 spiro atoms. The number of hydrazine groups is 1. The maximum absolute atomic E-state index is 13.7. The normalized spacial score (nSPS) is 12.5. The number of rotatable bonds is 3. The van der Waals surface area contributed by atoms with Crippen molar-refractivity contribution in [3.8, 4) is 0 Å². The summed E-state index contributed by atoms with van der Waals surface area (Å²) in [6, 6.07) is 6.25. The number of nitrogens with two attached hydrogens (primary N) is 1. The SMILES string of the molecule is NNC(c1cc(F)cc(Br)c1)c1cc(F)ccc1F. The lowest BCUT2D eigenvalue weighted by Crippen LogP contribution is -2.29. The van der Waals surface area contributed by atoms with Gasteiger partial charge in [0.2, 0.25) is 0 Å². The molecule has 2 nitrogen and oxygen atoms in total. The molecule has 0 radical (unpaired) electrons. The number of hydrogen-bond donors (Lipinski definition) is 2. The van der Waals surface area contributed by atoms with Gasteiger partial charge in [-0.15, -0.1) is 0 Å². The number of nitrogens with one attached hydrogen (secondary N) is 1. The molecule has 1 atom stereocenters. The van der Waals surface area contributed by atoms with E-state index in [1.165, 1.54) is 12.1 Å². The molecule has 0 bridgehead atoms. The van der Waals surface area contributed by atoms with Gasteiger partial charge in [-0.3, -0.25) is 5.84 Å². The van der Waals surface area contributed by atoms with Gasteiger partial charge >= 0.3 is 0 Å². The van der Waals surface area contributed by atoms with Crippen LogP contribution in [0, 0.1) is 17.5 Å². The van der Waals surface area contributed by atoms with E-state index in [0.29, 0.717) is 10.0 Å². The quantitative estimate of drug-likeness (QED) is 0.668. The van der Waals surface area contributed by atoms with Crippen LogP contribution in [0.2, 0.25) is 0 Å². The van der Waals surface area contributed by atoms with Gasteiger partial charge < -0.3 is 0 Å². The molecule has 6 heteroatoms. The minimum absolute atomic E-state index is 0.0139. The standard InChI is InChI=1S/C13H10BrF3N2/c14-8-3-7(4-10(16)5-8)13(19-18)11-6-9(15)1-2-12(11)17/h1-6,13,19H,18H2. The molecule has 0 saturated heterocycles. The monoisotopic (exact) mass is 330 g/mol. The molecule has 1 unspecified atom stereocenters. The Bertz CT molecular complexity index is 584. The molecule has 0 fully saturated rings. The Morgan fingerprint density at radius 2 is 1.74 bits per heavy atom. The molecule has 0 aliphatic carbocycles. The zero-order chi connectivity index (χ0) is 14.0. The Morgan fingerprint density at radius 1 is 1.00 bits per heavy atom. The molecule has 0 aliphatic rings. The van der Waals surface area contributed by atoms with E-state index >= 15 is 0 Å². The number of hydrogen-bond acceptors (Lipinski definition) is 2. The number of benzene rings is 2. The summed E-state index contributed by atoms with van der Waals surface area (Å²) >= 11 is 3.14. The van der Waals surface area contributed by atoms with E-state index in [1.54, 1.807) is 6.07 Å². The Labute approximate surface area is 116 Å². The van der Waals surface area contributed by atoms with Gasteiger partial charge in [0.05, 0.1) is 6.04 Å². The van der Waals surface area contributed by atoms with Crippen molar-refractivity contribution >= 4 is 15.9 Å². The Morgan fingerprint density at radius 3 is 2.37 bits per heavy atom. The third-order valence-electron chi connectivity index (χ3n) is 2.65. The van der Waals surface area contributed by atoms with Crippen LogP contribution in [0.25, 0.3) is 0 Å². The highest BCUT2D eigenvalue weighted by Crippen LogP contribution is 2.27. The van der Waals surface area contributed by atoms with E-state index in [4.69, 9.17) is 5.84 Å². The first-order valence-electron chi connectivity index (χ1n) is 5.38. The molecule has 0 amide bonds. The van der Waals surface area contributed by atoms with E-state index in [0.717, 1.165) is 18.2 Å². The van der Waals surface area contributed by atoms with Gasteiger partial charge in [-0.05, 0) is 42.0 Å². The highest BCUT2D eigenvalue weighted by molar-refractivity contribution is 9.10. The summed E-state index contributed by atoms with van der Waals surface area (Å²) in [5.74, 6) is 3.67. The highest BCUT2D eigenvalue weighted by Gasteiger charge is 2.18. The van der Waals surface area contributed by atoms with Crippen molar-refractivity contribution in [1.82, 2.24) is 5.43 Å². The molecule has 0 aromatic heterocycles. The molecule has 0 saturated carbocycles. The zero-order valence-electron chi connectivity index (χ0n) is 9.63. The van der Waals surface area contributed by atoms with Crippen molar-refractivity contribution in [2.75, 3.05) is 0 Å². The van der Waals surface area contributed by atoms with Crippen LogP contribution in [0.5, 0.6) is 0 Å². The third-order valence-corrected chi connectivity index (χ3v) is 3.11. The predicted molar refractivity (Wildman–Crippen MR) is 69.6 cm³/mol. The van der Waals surface area contributed by atoms with Crippen LogP contribution in [0.3, 0.4) is 0 Å². The van der Waals surface area contributed by atoms with Gasteiger partial charge in [0.15, 0.2) is 0 Å². The van der Waals surface area contributed by atoms with E-state index in [-0.39, 0.29) is 5.56 Å². The molecule has 2 rings (SSSR count). The van der Waals surface area contributed by atoms with Crippen LogP contribution in [-0.4, -0.2) is 0 Å². The third kappa shape index (κ3) is 3.15. The summed E-state index contributed by atoms with van der Waals surface area (Å²) in [5, 5.41) is 0. The Balaban J connectivity index is 2.52. The Kier molecular flexibility index (Phi) is 4.24. The molecule has 0 aliphatic heterocycles. The minimum Gasteiger partial charge on any atom is -0.271 e. The van der Waals surface area contributed by atoms with Gasteiger partial charge in [-0.25, -0.2) is 18.6 Å². The largest absolute Gasteiger partial charge is 0.271 e. The van der Waals surface area contributed by atoms with Crippen LogP contribution in [0.1, 0.15) is 17.2 Å². The predicted octanol–water partition coefficient (Wildman–Crippen LogP) is 3.42. The maximum Gasteiger partial charge on any atom is 0.128 e. The van der Waals surface area contributed by atoms with Crippen molar-refractivity contribution in [3.05, 3.63) is 69.4 Å². The van der Waals surface area contributed by atoms with Crippen molar-refractivity contribution in [2.24, 2.45) is 5.84 Å². The fourth-order valence-electron chi connectivity index (χ4n) is 1.84. The summed E-state index contributed by atoms with van der Waals surface area (Å²) in [4.78, 5) is 0. The molecule has 3 N–H and O–H groups in total. The van der Waals surface area contributed by atoms with Crippen LogP contribution in [0.15, 0.2) is 40.9 Å². The smallest absolute Gasteiger partial charge is 0.128 e. The fourth-order valence-corrected chi connectivity index (χ4v) is 2.33. The van der Waals surface area contributed by atoms with Crippen molar-refractivity contribution in [2.45, 2.75) is 6.04 Å². The zero-order valence-corrected chi connectivity index (χ0v) is 11.2. The average molecular weight is 331 g/mol.